The summed E-state index contributed by atoms with van der Waals surface area (Å²) in [6.45, 7) is 2.07. The summed E-state index contributed by atoms with van der Waals surface area (Å²) in [7, 11) is 0. The molecule has 3 N–H and O–H groups in total. The van der Waals surface area contributed by atoms with Gasteiger partial charge in [-0.15, -0.1) is 0 Å². The molecule has 0 fully saturated rings. The predicted octanol–water partition coefficient (Wildman–Crippen LogP) is 3.79. The number of hydrogen-bond donors (Lipinski definition) is 2. The van der Waals surface area contributed by atoms with Crippen LogP contribution in [0.2, 0.25) is 0 Å². The number of carbonyl (C=O) groups is 1. The van der Waals surface area contributed by atoms with Crippen molar-refractivity contribution in [3.05, 3.63) is 66.0 Å². The van der Waals surface area contributed by atoms with Crippen molar-refractivity contribution in [2.45, 2.75) is 6.92 Å². The molecule has 6 nitrogen and oxygen atoms in total. The first-order valence-corrected chi connectivity index (χ1v) is 8.00. The summed E-state index contributed by atoms with van der Waals surface area (Å²) in [5.74, 6) is 0.00675. The fourth-order valence-corrected chi connectivity index (χ4v) is 2.34. The van der Waals surface area contributed by atoms with Crippen LogP contribution in [0.15, 0.2) is 54.6 Å². The monoisotopic (exact) mass is 352 g/mol. The topological polar surface area (TPSA) is 90.1 Å². The summed E-state index contributed by atoms with van der Waals surface area (Å²) in [5.41, 5.74) is 7.23. The van der Waals surface area contributed by atoms with Crippen molar-refractivity contribution < 1.29 is 13.9 Å². The summed E-state index contributed by atoms with van der Waals surface area (Å²) in [6, 6.07) is 14.5. The molecule has 7 heteroatoms. The highest BCUT2D eigenvalue weighted by molar-refractivity contribution is 5.89. The van der Waals surface area contributed by atoms with Crippen LogP contribution in [-0.2, 0) is 4.74 Å². The van der Waals surface area contributed by atoms with E-state index < -0.39 is 5.82 Å². The van der Waals surface area contributed by atoms with Gasteiger partial charge in [-0.25, -0.2) is 19.2 Å². The van der Waals surface area contributed by atoms with E-state index in [1.54, 1.807) is 55.5 Å². The molecule has 0 atom stereocenters. The smallest absolute Gasteiger partial charge is 0.338 e. The standard InChI is InChI=1S/C19H17FN4O2/c1-2-26-19(25)12-7-9-13(10-8-12)22-17-11-16(21)23-18(24-17)14-5-3-4-6-15(14)20/h3-11H,2H2,1H3,(H3,21,22,23,24). The fraction of sp³-hybridized carbons (Fsp3) is 0.105. The van der Waals surface area contributed by atoms with Crippen molar-refractivity contribution in [2.75, 3.05) is 17.7 Å². The maximum Gasteiger partial charge on any atom is 0.338 e. The SMILES string of the molecule is CCOC(=O)c1ccc(Nc2cc(N)nc(-c3ccccc3F)n2)cc1. The van der Waals surface area contributed by atoms with Gasteiger partial charge in [0.25, 0.3) is 0 Å². The maximum absolute atomic E-state index is 14.0. The normalized spacial score (nSPS) is 10.4. The molecule has 0 saturated heterocycles. The number of benzene rings is 2. The van der Waals surface area contributed by atoms with Crippen LogP contribution >= 0.6 is 0 Å². The van der Waals surface area contributed by atoms with Crippen LogP contribution in [0.25, 0.3) is 11.4 Å². The Kier molecular flexibility index (Phi) is 5.07. The number of aromatic nitrogens is 2. The molecule has 26 heavy (non-hydrogen) atoms. The van der Waals surface area contributed by atoms with E-state index in [-0.39, 0.29) is 23.2 Å². The molecule has 0 unspecified atom stereocenters. The number of nitrogen functional groups attached to an aromatic ring is 1. The lowest BCUT2D eigenvalue weighted by Gasteiger charge is -2.09. The number of nitrogens with one attached hydrogen (secondary N) is 1. The first kappa shape index (κ1) is 17.3. The molecule has 0 saturated carbocycles. The molecule has 0 aliphatic heterocycles. The first-order valence-electron chi connectivity index (χ1n) is 8.00. The Morgan fingerprint density at radius 2 is 1.88 bits per heavy atom. The molecule has 0 aliphatic carbocycles. The highest BCUT2D eigenvalue weighted by Gasteiger charge is 2.10. The summed E-state index contributed by atoms with van der Waals surface area (Å²) in [4.78, 5) is 20.1. The average Bonchev–Trinajstić information content (AvgIpc) is 2.62. The number of rotatable bonds is 5. The molecule has 0 amide bonds. The number of ether oxygens (including phenoxy) is 1. The van der Waals surface area contributed by atoms with E-state index in [0.717, 1.165) is 0 Å². The van der Waals surface area contributed by atoms with Gasteiger partial charge in [-0.2, -0.15) is 0 Å². The van der Waals surface area contributed by atoms with Gasteiger partial charge in [0.2, 0.25) is 0 Å². The zero-order chi connectivity index (χ0) is 18.5. The molecule has 3 aromatic rings. The minimum Gasteiger partial charge on any atom is -0.462 e. The third kappa shape index (κ3) is 3.94. The lowest BCUT2D eigenvalue weighted by molar-refractivity contribution is 0.0526. The van der Waals surface area contributed by atoms with Crippen molar-refractivity contribution in [3.8, 4) is 11.4 Å². The third-order valence-corrected chi connectivity index (χ3v) is 3.53. The van der Waals surface area contributed by atoms with Gasteiger partial charge < -0.3 is 15.8 Å². The summed E-state index contributed by atoms with van der Waals surface area (Å²) in [6.07, 6.45) is 0. The molecule has 0 radical (unpaired) electrons. The molecular formula is C19H17FN4O2. The summed E-state index contributed by atoms with van der Waals surface area (Å²) >= 11 is 0. The minimum atomic E-state index is -0.428. The Balaban J connectivity index is 1.84. The van der Waals surface area contributed by atoms with Crippen molar-refractivity contribution >= 4 is 23.3 Å². The molecule has 1 aromatic heterocycles. The third-order valence-electron chi connectivity index (χ3n) is 3.53. The second-order valence-corrected chi connectivity index (χ2v) is 5.40. The van der Waals surface area contributed by atoms with Crippen LogP contribution < -0.4 is 11.1 Å². The van der Waals surface area contributed by atoms with Gasteiger partial charge in [0.1, 0.15) is 17.5 Å². The maximum atomic E-state index is 14.0. The Morgan fingerprint density at radius 3 is 2.58 bits per heavy atom. The summed E-state index contributed by atoms with van der Waals surface area (Å²) in [5, 5.41) is 3.07. The van der Waals surface area contributed by atoms with E-state index in [1.165, 1.54) is 6.07 Å². The van der Waals surface area contributed by atoms with E-state index in [1.807, 2.05) is 0 Å². The second-order valence-electron chi connectivity index (χ2n) is 5.40. The van der Waals surface area contributed by atoms with Gasteiger partial charge in [0.15, 0.2) is 5.82 Å². The Morgan fingerprint density at radius 1 is 1.15 bits per heavy atom. The van der Waals surface area contributed by atoms with Crippen LogP contribution in [0.1, 0.15) is 17.3 Å². The van der Waals surface area contributed by atoms with Gasteiger partial charge in [-0.05, 0) is 43.3 Å². The first-order chi connectivity index (χ1) is 12.6. The van der Waals surface area contributed by atoms with Gasteiger partial charge in [0, 0.05) is 11.8 Å². The molecule has 132 valence electrons. The van der Waals surface area contributed by atoms with E-state index in [0.29, 0.717) is 23.7 Å². The van der Waals surface area contributed by atoms with Gasteiger partial charge in [0.05, 0.1) is 17.7 Å². The zero-order valence-electron chi connectivity index (χ0n) is 14.1. The van der Waals surface area contributed by atoms with Crippen molar-refractivity contribution in [1.29, 1.82) is 0 Å². The zero-order valence-corrected chi connectivity index (χ0v) is 14.1. The number of anilines is 3. The highest BCUT2D eigenvalue weighted by Crippen LogP contribution is 2.23. The van der Waals surface area contributed by atoms with Crippen LogP contribution in [0.3, 0.4) is 0 Å². The van der Waals surface area contributed by atoms with Crippen molar-refractivity contribution in [3.63, 3.8) is 0 Å². The molecule has 0 spiro atoms. The Bertz CT molecular complexity index is 929. The highest BCUT2D eigenvalue weighted by atomic mass is 19.1. The Hall–Kier alpha value is -3.48. The lowest BCUT2D eigenvalue weighted by Crippen LogP contribution is -2.05. The van der Waals surface area contributed by atoms with Gasteiger partial charge in [-0.1, -0.05) is 12.1 Å². The van der Waals surface area contributed by atoms with E-state index in [9.17, 15) is 9.18 Å². The minimum absolute atomic E-state index is 0.189. The second kappa shape index (κ2) is 7.60. The van der Waals surface area contributed by atoms with Crippen LogP contribution in [0.5, 0.6) is 0 Å². The van der Waals surface area contributed by atoms with Crippen molar-refractivity contribution in [2.24, 2.45) is 0 Å². The number of nitrogens with two attached hydrogens (primary N) is 1. The van der Waals surface area contributed by atoms with Crippen LogP contribution in [0.4, 0.5) is 21.7 Å². The van der Waals surface area contributed by atoms with Gasteiger partial charge in [-0.3, -0.25) is 0 Å². The molecule has 2 aromatic carbocycles. The molecule has 3 rings (SSSR count). The molecule has 0 bridgehead atoms. The fourth-order valence-electron chi connectivity index (χ4n) is 2.34. The number of nitrogens with zero attached hydrogens (tertiary/aromatic N) is 2. The lowest BCUT2D eigenvalue weighted by atomic mass is 10.2. The Labute approximate surface area is 149 Å². The number of halogens is 1. The van der Waals surface area contributed by atoms with E-state index >= 15 is 0 Å². The van der Waals surface area contributed by atoms with E-state index in [2.05, 4.69) is 15.3 Å². The van der Waals surface area contributed by atoms with Crippen molar-refractivity contribution in [1.82, 2.24) is 9.97 Å². The molecular weight excluding hydrogens is 335 g/mol. The van der Waals surface area contributed by atoms with Crippen LogP contribution in [0, 0.1) is 5.82 Å². The quantitative estimate of drug-likeness (QED) is 0.679. The van der Waals surface area contributed by atoms with E-state index in [4.69, 9.17) is 10.5 Å². The largest absolute Gasteiger partial charge is 0.462 e. The van der Waals surface area contributed by atoms with Gasteiger partial charge >= 0.3 is 5.97 Å². The van der Waals surface area contributed by atoms with Crippen LogP contribution in [-0.4, -0.2) is 22.5 Å². The number of hydrogen-bond acceptors (Lipinski definition) is 6. The number of esters is 1. The number of carbonyl (C=O) groups excluding carboxylic acids is 1. The molecule has 1 heterocycles. The average molecular weight is 352 g/mol. The molecule has 0 aliphatic rings. The summed E-state index contributed by atoms with van der Waals surface area (Å²) < 4.78 is 18.9. The predicted molar refractivity (Wildman–Crippen MR) is 97.5 cm³/mol.